The van der Waals surface area contributed by atoms with Gasteiger partial charge >= 0.3 is 5.97 Å². The number of imidazole rings is 1. The van der Waals surface area contributed by atoms with Gasteiger partial charge in [-0.25, -0.2) is 9.78 Å². The molecule has 6 heteroatoms. The van der Waals surface area contributed by atoms with Gasteiger partial charge < -0.3 is 14.5 Å². The number of aromatic amines is 1. The van der Waals surface area contributed by atoms with Crippen LogP contribution in [-0.2, 0) is 9.53 Å². The number of carbonyl (C=O) groups excluding carboxylic acids is 2. The molecule has 0 aliphatic heterocycles. The smallest absolute Gasteiger partial charge is 0.343 e. The van der Waals surface area contributed by atoms with E-state index < -0.39 is 5.97 Å². The molecule has 2 aromatic rings. The second-order valence-electron chi connectivity index (χ2n) is 3.63. The Balaban J connectivity index is 2.62. The third kappa shape index (κ3) is 2.04. The number of esters is 1. The molecule has 0 saturated heterocycles. The number of carbonyl (C=O) groups is 2. The molecule has 0 fully saturated rings. The van der Waals surface area contributed by atoms with Crippen LogP contribution >= 0.6 is 0 Å². The van der Waals surface area contributed by atoms with Crippen molar-refractivity contribution >= 4 is 23.3 Å². The number of aromatic nitrogens is 2. The van der Waals surface area contributed by atoms with E-state index in [4.69, 9.17) is 9.47 Å². The molecular weight excluding hydrogens is 236 g/mol. The second kappa shape index (κ2) is 4.87. The summed E-state index contributed by atoms with van der Waals surface area (Å²) in [5.41, 5.74) is 1.41. The third-order valence-corrected chi connectivity index (χ3v) is 2.43. The zero-order chi connectivity index (χ0) is 13.1. The van der Waals surface area contributed by atoms with Gasteiger partial charge in [0, 0.05) is 0 Å². The Morgan fingerprint density at radius 2 is 2.28 bits per heavy atom. The number of aryl methyl sites for hydroxylation is 1. The van der Waals surface area contributed by atoms with Gasteiger partial charge in [-0.2, -0.15) is 0 Å². The number of benzene rings is 1. The molecule has 0 bridgehead atoms. The summed E-state index contributed by atoms with van der Waals surface area (Å²) < 4.78 is 9.92. The van der Waals surface area contributed by atoms with Crippen molar-refractivity contribution < 1.29 is 19.1 Å². The van der Waals surface area contributed by atoms with Crippen molar-refractivity contribution in [1.82, 2.24) is 9.97 Å². The highest BCUT2D eigenvalue weighted by Crippen LogP contribution is 2.27. The Labute approximate surface area is 103 Å². The van der Waals surface area contributed by atoms with Crippen molar-refractivity contribution in [2.75, 3.05) is 13.7 Å². The van der Waals surface area contributed by atoms with Crippen LogP contribution in [0.4, 0.5) is 0 Å². The summed E-state index contributed by atoms with van der Waals surface area (Å²) in [5.74, 6) is 0.420. The maximum atomic E-state index is 11.8. The fourth-order valence-corrected chi connectivity index (χ4v) is 1.72. The Bertz CT molecular complexity index is 603. The van der Waals surface area contributed by atoms with Crippen LogP contribution in [-0.4, -0.2) is 35.9 Å². The van der Waals surface area contributed by atoms with Crippen LogP contribution in [0.5, 0.6) is 5.75 Å². The molecule has 0 spiro atoms. The second-order valence-corrected chi connectivity index (χ2v) is 3.63. The van der Waals surface area contributed by atoms with E-state index >= 15 is 0 Å². The average Bonchev–Trinajstić information content (AvgIpc) is 2.74. The van der Waals surface area contributed by atoms with Gasteiger partial charge in [-0.1, -0.05) is 0 Å². The zero-order valence-corrected chi connectivity index (χ0v) is 10.0. The third-order valence-electron chi connectivity index (χ3n) is 2.43. The molecule has 0 aliphatic carbocycles. The lowest BCUT2D eigenvalue weighted by atomic mass is 10.1. The Hall–Kier alpha value is -2.37. The SMILES string of the molecule is COC(=O)c1c(OCC=O)ccc2[nH]c(C)nc12. The molecule has 2 rings (SSSR count). The maximum Gasteiger partial charge on any atom is 0.343 e. The molecule has 1 aromatic carbocycles. The minimum Gasteiger partial charge on any atom is -0.485 e. The van der Waals surface area contributed by atoms with E-state index in [2.05, 4.69) is 9.97 Å². The summed E-state index contributed by atoms with van der Waals surface area (Å²) in [6.45, 7) is 1.66. The van der Waals surface area contributed by atoms with Crippen LogP contribution < -0.4 is 4.74 Å². The minimum absolute atomic E-state index is 0.126. The molecule has 0 aliphatic rings. The maximum absolute atomic E-state index is 11.8. The first-order valence-electron chi connectivity index (χ1n) is 5.31. The highest BCUT2D eigenvalue weighted by Gasteiger charge is 2.19. The molecule has 1 heterocycles. The van der Waals surface area contributed by atoms with Crippen molar-refractivity contribution in [2.24, 2.45) is 0 Å². The number of fused-ring (bicyclic) bond motifs is 1. The molecular formula is C12H12N2O4. The van der Waals surface area contributed by atoms with Gasteiger partial charge in [-0.15, -0.1) is 0 Å². The number of H-pyrrole nitrogens is 1. The number of nitrogens with zero attached hydrogens (tertiary/aromatic N) is 1. The van der Waals surface area contributed by atoms with Gasteiger partial charge in [0.2, 0.25) is 0 Å². The van der Waals surface area contributed by atoms with Crippen LogP contribution in [0.1, 0.15) is 16.2 Å². The van der Waals surface area contributed by atoms with E-state index in [1.807, 2.05) is 0 Å². The monoisotopic (exact) mass is 248 g/mol. The molecule has 6 nitrogen and oxygen atoms in total. The summed E-state index contributed by atoms with van der Waals surface area (Å²) in [6.07, 6.45) is 0.612. The Morgan fingerprint density at radius 3 is 2.94 bits per heavy atom. The molecule has 94 valence electrons. The number of methoxy groups -OCH3 is 1. The summed E-state index contributed by atoms with van der Waals surface area (Å²) in [5, 5.41) is 0. The molecule has 0 atom stereocenters. The van der Waals surface area contributed by atoms with E-state index in [1.54, 1.807) is 19.1 Å². The van der Waals surface area contributed by atoms with Crippen LogP contribution in [0.3, 0.4) is 0 Å². The number of rotatable bonds is 4. The number of hydrogen-bond acceptors (Lipinski definition) is 5. The quantitative estimate of drug-likeness (QED) is 0.650. The standard InChI is InChI=1S/C12H12N2O4/c1-7-13-8-3-4-9(18-6-5-15)10(11(8)14-7)12(16)17-2/h3-5H,6H2,1-2H3,(H,13,14). The zero-order valence-electron chi connectivity index (χ0n) is 10.0. The summed E-state index contributed by atoms with van der Waals surface area (Å²) in [4.78, 5) is 29.4. The molecule has 1 N–H and O–H groups in total. The van der Waals surface area contributed by atoms with E-state index in [0.717, 1.165) is 0 Å². The molecule has 18 heavy (non-hydrogen) atoms. The predicted molar refractivity (Wildman–Crippen MR) is 63.7 cm³/mol. The van der Waals surface area contributed by atoms with Crippen molar-refractivity contribution in [2.45, 2.75) is 6.92 Å². The minimum atomic E-state index is -0.548. The summed E-state index contributed by atoms with van der Waals surface area (Å²) in [6, 6.07) is 3.34. The van der Waals surface area contributed by atoms with Crippen molar-refractivity contribution in [3.05, 3.63) is 23.5 Å². The van der Waals surface area contributed by atoms with E-state index in [-0.39, 0.29) is 17.9 Å². The topological polar surface area (TPSA) is 81.3 Å². The molecule has 0 amide bonds. The van der Waals surface area contributed by atoms with Crippen molar-refractivity contribution in [1.29, 1.82) is 0 Å². The first kappa shape index (κ1) is 12.1. The Morgan fingerprint density at radius 1 is 1.50 bits per heavy atom. The van der Waals surface area contributed by atoms with Gasteiger partial charge in [0.1, 0.15) is 29.3 Å². The van der Waals surface area contributed by atoms with Crippen LogP contribution in [0.2, 0.25) is 0 Å². The van der Waals surface area contributed by atoms with Crippen LogP contribution in [0, 0.1) is 6.92 Å². The molecule has 1 aromatic heterocycles. The van der Waals surface area contributed by atoms with Gasteiger partial charge in [-0.05, 0) is 19.1 Å². The van der Waals surface area contributed by atoms with Gasteiger partial charge in [0.05, 0.1) is 12.6 Å². The van der Waals surface area contributed by atoms with Crippen molar-refractivity contribution in [3.63, 3.8) is 0 Å². The van der Waals surface area contributed by atoms with Gasteiger partial charge in [-0.3, -0.25) is 4.79 Å². The van der Waals surface area contributed by atoms with Crippen molar-refractivity contribution in [3.8, 4) is 5.75 Å². The molecule has 0 radical (unpaired) electrons. The average molecular weight is 248 g/mol. The fraction of sp³-hybridized carbons (Fsp3) is 0.250. The lowest BCUT2D eigenvalue weighted by molar-refractivity contribution is -0.109. The first-order valence-corrected chi connectivity index (χ1v) is 5.31. The van der Waals surface area contributed by atoms with Crippen LogP contribution in [0.25, 0.3) is 11.0 Å². The molecule has 0 saturated carbocycles. The fourth-order valence-electron chi connectivity index (χ4n) is 1.72. The summed E-state index contributed by atoms with van der Waals surface area (Å²) >= 11 is 0. The summed E-state index contributed by atoms with van der Waals surface area (Å²) in [7, 11) is 1.28. The molecule has 0 unspecified atom stereocenters. The first-order chi connectivity index (χ1) is 8.67. The lowest BCUT2D eigenvalue weighted by Crippen LogP contribution is -2.08. The van der Waals surface area contributed by atoms with Gasteiger partial charge in [0.15, 0.2) is 6.29 Å². The van der Waals surface area contributed by atoms with Gasteiger partial charge in [0.25, 0.3) is 0 Å². The predicted octanol–water partition coefficient (Wildman–Crippen LogP) is 1.24. The van der Waals surface area contributed by atoms with Crippen LogP contribution in [0.15, 0.2) is 12.1 Å². The van der Waals surface area contributed by atoms with E-state index in [1.165, 1.54) is 7.11 Å². The number of nitrogens with one attached hydrogen (secondary N) is 1. The lowest BCUT2D eigenvalue weighted by Gasteiger charge is -2.08. The van der Waals surface area contributed by atoms with E-state index in [0.29, 0.717) is 23.1 Å². The Kier molecular flexibility index (Phi) is 3.27. The highest BCUT2D eigenvalue weighted by molar-refractivity contribution is 6.04. The van der Waals surface area contributed by atoms with E-state index in [9.17, 15) is 9.59 Å². The number of aldehydes is 1. The highest BCUT2D eigenvalue weighted by atomic mass is 16.5. The largest absolute Gasteiger partial charge is 0.485 e. The number of ether oxygens (including phenoxy) is 2. The number of hydrogen-bond donors (Lipinski definition) is 1. The normalized spacial score (nSPS) is 10.3.